The van der Waals surface area contributed by atoms with Crippen LogP contribution in [0.25, 0.3) is 0 Å². The lowest BCUT2D eigenvalue weighted by Crippen LogP contribution is -2.46. The Hall–Kier alpha value is -3.46. The molecule has 2 amide bonds. The highest BCUT2D eigenvalue weighted by Gasteiger charge is 2.64. The van der Waals surface area contributed by atoms with Gasteiger partial charge in [-0.3, -0.25) is 29.4 Å². The highest BCUT2D eigenvalue weighted by atomic mass is 19.1. The molecule has 4 atom stereocenters. The first-order valence-electron chi connectivity index (χ1n) is 10.1. The molecule has 2 aromatic carbocycles. The number of hydrogen-bond acceptors (Lipinski definition) is 6. The maximum Gasteiger partial charge on any atom is 0.271 e. The lowest BCUT2D eigenvalue weighted by Gasteiger charge is -2.27. The number of carbonyl (C=O) groups is 3. The minimum atomic E-state index is -0.866. The van der Waals surface area contributed by atoms with Crippen LogP contribution < -0.4 is 4.90 Å². The Balaban J connectivity index is 1.54. The van der Waals surface area contributed by atoms with Gasteiger partial charge < -0.3 is 0 Å². The van der Waals surface area contributed by atoms with E-state index in [1.807, 2.05) is 4.90 Å². The van der Waals surface area contributed by atoms with Crippen LogP contribution in [0.3, 0.4) is 0 Å². The van der Waals surface area contributed by atoms with Gasteiger partial charge in [0.05, 0.1) is 28.5 Å². The molecule has 3 heterocycles. The first kappa shape index (κ1) is 19.5. The zero-order valence-electron chi connectivity index (χ0n) is 16.3. The second-order valence-electron chi connectivity index (χ2n) is 8.10. The number of ketones is 1. The average molecular weight is 423 g/mol. The fraction of sp³-hybridized carbons (Fsp3) is 0.318. The molecule has 0 aliphatic carbocycles. The monoisotopic (exact) mass is 423 g/mol. The van der Waals surface area contributed by atoms with Crippen LogP contribution in [0.2, 0.25) is 0 Å². The number of anilines is 1. The van der Waals surface area contributed by atoms with E-state index in [1.165, 1.54) is 48.5 Å². The quantitative estimate of drug-likeness (QED) is 0.324. The van der Waals surface area contributed by atoms with Gasteiger partial charge in [-0.25, -0.2) is 9.29 Å². The summed E-state index contributed by atoms with van der Waals surface area (Å²) in [5, 5.41) is 11.1. The third-order valence-electron chi connectivity index (χ3n) is 6.55. The highest BCUT2D eigenvalue weighted by Crippen LogP contribution is 2.48. The van der Waals surface area contributed by atoms with E-state index in [-0.39, 0.29) is 28.8 Å². The van der Waals surface area contributed by atoms with Crippen molar-refractivity contribution in [2.24, 2.45) is 11.8 Å². The third kappa shape index (κ3) is 2.88. The van der Waals surface area contributed by atoms with E-state index in [0.29, 0.717) is 13.0 Å². The summed E-state index contributed by atoms with van der Waals surface area (Å²) in [6.45, 7) is 0.604. The Morgan fingerprint density at radius 3 is 2.48 bits per heavy atom. The third-order valence-corrected chi connectivity index (χ3v) is 6.55. The number of hydrogen-bond donors (Lipinski definition) is 0. The van der Waals surface area contributed by atoms with Crippen molar-refractivity contribution in [1.82, 2.24) is 4.90 Å². The number of imide groups is 1. The number of Topliss-reactive ketones (excluding diaryl/α,β-unsaturated/α-hetero) is 1. The summed E-state index contributed by atoms with van der Waals surface area (Å²) in [5.74, 6) is -3.28. The molecule has 5 rings (SSSR count). The molecule has 0 radical (unpaired) electrons. The van der Waals surface area contributed by atoms with E-state index in [0.717, 1.165) is 11.3 Å². The van der Waals surface area contributed by atoms with Crippen LogP contribution in [0.1, 0.15) is 23.2 Å². The standard InChI is InChI=1S/C22H18FN3O5/c23-13-8-6-12(7-9-13)20(27)19-18-17(16-5-2-10-24(16)19)21(28)25(22(18)29)14-3-1-4-15(11-14)26(30)31/h1,3-4,6-9,11,16-19H,2,5,10H2. The number of amides is 2. The molecule has 3 aliphatic rings. The van der Waals surface area contributed by atoms with Crippen LogP contribution in [0.15, 0.2) is 48.5 Å². The lowest BCUT2D eigenvalue weighted by atomic mass is 9.85. The molecule has 8 nitrogen and oxygen atoms in total. The van der Waals surface area contributed by atoms with Crippen molar-refractivity contribution in [2.75, 3.05) is 11.4 Å². The fourth-order valence-electron chi connectivity index (χ4n) is 5.30. The SMILES string of the molecule is O=C(c1ccc(F)cc1)C1C2C(=O)N(c3cccc([N+](=O)[O-])c3)C(=O)C2C2CCCN21. The summed E-state index contributed by atoms with van der Waals surface area (Å²) in [5.41, 5.74) is 0.194. The molecule has 9 heteroatoms. The average Bonchev–Trinajstić information content (AvgIpc) is 3.40. The summed E-state index contributed by atoms with van der Waals surface area (Å²) in [7, 11) is 0. The van der Waals surface area contributed by atoms with Crippen LogP contribution in [0.5, 0.6) is 0 Å². The molecule has 0 aromatic heterocycles. The van der Waals surface area contributed by atoms with Gasteiger partial charge in [-0.2, -0.15) is 0 Å². The van der Waals surface area contributed by atoms with Crippen LogP contribution >= 0.6 is 0 Å². The van der Waals surface area contributed by atoms with Gasteiger partial charge in [0.2, 0.25) is 11.8 Å². The van der Waals surface area contributed by atoms with Gasteiger partial charge in [0.15, 0.2) is 5.78 Å². The molecular formula is C22H18FN3O5. The molecule has 2 aromatic rings. The molecule has 3 fully saturated rings. The number of rotatable bonds is 4. The Morgan fingerprint density at radius 1 is 1.06 bits per heavy atom. The zero-order valence-corrected chi connectivity index (χ0v) is 16.3. The van der Waals surface area contributed by atoms with Crippen LogP contribution in [-0.4, -0.2) is 46.0 Å². The molecule has 3 saturated heterocycles. The fourth-order valence-corrected chi connectivity index (χ4v) is 5.30. The smallest absolute Gasteiger partial charge is 0.271 e. The van der Waals surface area contributed by atoms with Gasteiger partial charge in [-0.1, -0.05) is 6.07 Å². The number of fused-ring (bicyclic) bond motifs is 3. The van der Waals surface area contributed by atoms with E-state index in [1.54, 1.807) is 0 Å². The van der Waals surface area contributed by atoms with Crippen molar-refractivity contribution in [3.8, 4) is 0 Å². The Morgan fingerprint density at radius 2 is 1.77 bits per heavy atom. The molecule has 0 N–H and O–H groups in total. The van der Waals surface area contributed by atoms with Crippen molar-refractivity contribution in [3.05, 3.63) is 70.0 Å². The molecule has 158 valence electrons. The van der Waals surface area contributed by atoms with Crippen molar-refractivity contribution in [2.45, 2.75) is 24.9 Å². The molecule has 0 spiro atoms. The van der Waals surface area contributed by atoms with Crippen molar-refractivity contribution >= 4 is 29.0 Å². The summed E-state index contributed by atoms with van der Waals surface area (Å²) in [4.78, 5) is 53.5. The van der Waals surface area contributed by atoms with Gasteiger partial charge >= 0.3 is 0 Å². The van der Waals surface area contributed by atoms with Crippen molar-refractivity contribution in [1.29, 1.82) is 0 Å². The predicted octanol–water partition coefficient (Wildman–Crippen LogP) is 2.57. The topological polar surface area (TPSA) is 101 Å². The van der Waals surface area contributed by atoms with E-state index >= 15 is 0 Å². The number of benzene rings is 2. The molecule has 4 unspecified atom stereocenters. The minimum Gasteiger partial charge on any atom is -0.292 e. The second kappa shape index (κ2) is 7.05. The van der Waals surface area contributed by atoms with Crippen LogP contribution in [0, 0.1) is 27.8 Å². The van der Waals surface area contributed by atoms with E-state index in [2.05, 4.69) is 0 Å². The van der Waals surface area contributed by atoms with Crippen molar-refractivity contribution < 1.29 is 23.7 Å². The number of nitrogens with zero attached hydrogens (tertiary/aromatic N) is 3. The van der Waals surface area contributed by atoms with Gasteiger partial charge in [0.25, 0.3) is 5.69 Å². The summed E-state index contributed by atoms with van der Waals surface area (Å²) in [6.07, 6.45) is 1.50. The molecule has 31 heavy (non-hydrogen) atoms. The Kier molecular flexibility index (Phi) is 4.44. The zero-order chi connectivity index (χ0) is 21.9. The minimum absolute atomic E-state index is 0.135. The Bertz CT molecular complexity index is 1120. The van der Waals surface area contributed by atoms with Gasteiger partial charge in [0, 0.05) is 23.7 Å². The second-order valence-corrected chi connectivity index (χ2v) is 8.10. The van der Waals surface area contributed by atoms with Crippen LogP contribution in [-0.2, 0) is 9.59 Å². The summed E-state index contributed by atoms with van der Waals surface area (Å²) < 4.78 is 13.3. The first-order chi connectivity index (χ1) is 14.9. The molecule has 3 aliphatic heterocycles. The molecule has 0 bridgehead atoms. The van der Waals surface area contributed by atoms with Gasteiger partial charge in [-0.15, -0.1) is 0 Å². The summed E-state index contributed by atoms with van der Waals surface area (Å²) in [6, 6.07) is 9.48. The maximum atomic E-state index is 13.4. The normalized spacial score (nSPS) is 27.5. The lowest BCUT2D eigenvalue weighted by molar-refractivity contribution is -0.384. The number of carbonyl (C=O) groups excluding carboxylic acids is 3. The largest absolute Gasteiger partial charge is 0.292 e. The molecular weight excluding hydrogens is 405 g/mol. The first-order valence-corrected chi connectivity index (χ1v) is 10.1. The van der Waals surface area contributed by atoms with Gasteiger partial charge in [0.1, 0.15) is 5.82 Å². The maximum absolute atomic E-state index is 13.4. The summed E-state index contributed by atoms with van der Waals surface area (Å²) >= 11 is 0. The number of nitro benzene ring substituents is 1. The van der Waals surface area contributed by atoms with E-state index in [9.17, 15) is 28.9 Å². The van der Waals surface area contributed by atoms with Gasteiger partial charge in [-0.05, 0) is 49.7 Å². The van der Waals surface area contributed by atoms with Crippen molar-refractivity contribution in [3.63, 3.8) is 0 Å². The van der Waals surface area contributed by atoms with E-state index in [4.69, 9.17) is 0 Å². The number of halogens is 1. The van der Waals surface area contributed by atoms with E-state index < -0.39 is 40.4 Å². The number of nitro groups is 1. The predicted molar refractivity (Wildman–Crippen MR) is 107 cm³/mol. The molecule has 0 saturated carbocycles. The Labute approximate surface area is 176 Å². The highest BCUT2D eigenvalue weighted by molar-refractivity contribution is 6.24. The number of non-ortho nitro benzene ring substituents is 1. The van der Waals surface area contributed by atoms with Crippen LogP contribution in [0.4, 0.5) is 15.8 Å².